The van der Waals surface area contributed by atoms with Crippen LogP contribution in [0.15, 0.2) is 42.5 Å². The summed E-state index contributed by atoms with van der Waals surface area (Å²) < 4.78 is 26.2. The summed E-state index contributed by atoms with van der Waals surface area (Å²) in [6, 6.07) is 9.56. The first-order valence-electron chi connectivity index (χ1n) is 7.77. The van der Waals surface area contributed by atoms with Gasteiger partial charge in [-0.1, -0.05) is 18.2 Å². The first kappa shape index (κ1) is 17.0. The van der Waals surface area contributed by atoms with Gasteiger partial charge in [0.1, 0.15) is 0 Å². The molecule has 2 unspecified atom stereocenters. The van der Waals surface area contributed by atoms with E-state index in [9.17, 15) is 23.5 Å². The maximum atomic E-state index is 13.2. The number of aliphatic hydroxyl groups is 1. The number of hydrogen-bond acceptors (Lipinski definition) is 3. The Morgan fingerprint density at radius 3 is 2.68 bits per heavy atom. The summed E-state index contributed by atoms with van der Waals surface area (Å²) in [4.78, 5) is 23.5. The van der Waals surface area contributed by atoms with E-state index >= 15 is 0 Å². The lowest BCUT2D eigenvalue weighted by molar-refractivity contribution is -0.124. The highest BCUT2D eigenvalue weighted by Gasteiger charge is 2.23. The number of carbonyl (C=O) groups is 2. The van der Waals surface area contributed by atoms with Crippen molar-refractivity contribution >= 4 is 17.5 Å². The maximum Gasteiger partial charge on any atom is 0.257 e. The minimum absolute atomic E-state index is 0.0202. The van der Waals surface area contributed by atoms with E-state index in [-0.39, 0.29) is 17.5 Å². The third-order valence-corrected chi connectivity index (χ3v) is 4.06. The molecule has 0 radical (unpaired) electrons. The number of aliphatic hydroxyl groups excluding tert-OH is 1. The second-order valence-electron chi connectivity index (χ2n) is 5.85. The Morgan fingerprint density at radius 1 is 1.20 bits per heavy atom. The predicted octanol–water partition coefficient (Wildman–Crippen LogP) is 2.59. The smallest absolute Gasteiger partial charge is 0.257 e. The number of halogens is 2. The summed E-state index contributed by atoms with van der Waals surface area (Å²) in [5.41, 5.74) is 1.23. The van der Waals surface area contributed by atoms with Crippen molar-refractivity contribution < 1.29 is 23.5 Å². The molecule has 5 nitrogen and oxygen atoms in total. The van der Waals surface area contributed by atoms with Gasteiger partial charge in [0.2, 0.25) is 5.91 Å². The molecule has 2 aromatic rings. The van der Waals surface area contributed by atoms with E-state index in [4.69, 9.17) is 0 Å². The summed E-state index contributed by atoms with van der Waals surface area (Å²) in [6.45, 7) is 0. The molecule has 2 aromatic carbocycles. The number of nitrogens with one attached hydrogen (secondary N) is 2. The van der Waals surface area contributed by atoms with Crippen LogP contribution in [0.3, 0.4) is 0 Å². The van der Waals surface area contributed by atoms with Crippen molar-refractivity contribution in [2.24, 2.45) is 0 Å². The van der Waals surface area contributed by atoms with Crippen LogP contribution >= 0.6 is 0 Å². The molecule has 0 saturated carbocycles. The molecule has 1 saturated heterocycles. The second-order valence-corrected chi connectivity index (χ2v) is 5.85. The number of carbonyl (C=O) groups excluding carboxylic acids is 2. The highest BCUT2D eigenvalue weighted by Crippen LogP contribution is 2.26. The predicted molar refractivity (Wildman–Crippen MR) is 86.5 cm³/mol. The first-order chi connectivity index (χ1) is 11.9. The van der Waals surface area contributed by atoms with Gasteiger partial charge in [-0.3, -0.25) is 9.59 Å². The molecule has 0 aromatic heterocycles. The number of rotatable bonds is 4. The highest BCUT2D eigenvalue weighted by atomic mass is 19.2. The third-order valence-electron chi connectivity index (χ3n) is 4.06. The lowest BCUT2D eigenvalue weighted by Crippen LogP contribution is -2.21. The summed E-state index contributed by atoms with van der Waals surface area (Å²) in [7, 11) is 0. The third kappa shape index (κ3) is 3.83. The molecule has 0 aliphatic carbocycles. The van der Waals surface area contributed by atoms with Crippen molar-refractivity contribution in [1.29, 1.82) is 0 Å². The van der Waals surface area contributed by atoms with Crippen molar-refractivity contribution in [3.05, 3.63) is 65.2 Å². The molecule has 3 rings (SSSR count). The van der Waals surface area contributed by atoms with E-state index in [1.54, 1.807) is 18.2 Å². The fourth-order valence-electron chi connectivity index (χ4n) is 2.74. The van der Waals surface area contributed by atoms with Gasteiger partial charge in [-0.05, 0) is 41.8 Å². The molecule has 0 spiro atoms. The molecular formula is C18H16F2N2O3. The summed E-state index contributed by atoms with van der Waals surface area (Å²) in [5.74, 6) is -2.97. The average molecular weight is 346 g/mol. The molecule has 1 aliphatic rings. The zero-order valence-corrected chi connectivity index (χ0v) is 13.1. The lowest BCUT2D eigenvalue weighted by Gasteiger charge is -2.15. The maximum absolute atomic E-state index is 13.2. The van der Waals surface area contributed by atoms with Crippen LogP contribution in [0, 0.1) is 11.6 Å². The Kier molecular flexibility index (Phi) is 4.76. The fourth-order valence-corrected chi connectivity index (χ4v) is 2.74. The van der Waals surface area contributed by atoms with Crippen molar-refractivity contribution in [2.45, 2.75) is 25.0 Å². The second kappa shape index (κ2) is 6.98. The summed E-state index contributed by atoms with van der Waals surface area (Å²) >= 11 is 0. The van der Waals surface area contributed by atoms with Crippen molar-refractivity contribution in [2.75, 3.05) is 5.32 Å². The van der Waals surface area contributed by atoms with Crippen LogP contribution in [0.2, 0.25) is 0 Å². The van der Waals surface area contributed by atoms with Crippen molar-refractivity contribution in [3.63, 3.8) is 0 Å². The molecule has 1 heterocycles. The van der Waals surface area contributed by atoms with E-state index in [1.165, 1.54) is 0 Å². The number of amides is 2. The normalized spacial score (nSPS) is 17.9. The molecule has 7 heteroatoms. The largest absolute Gasteiger partial charge is 0.378 e. The van der Waals surface area contributed by atoms with Gasteiger partial charge in [0.15, 0.2) is 17.7 Å². The SMILES string of the molecule is O=C1CCC(c2cccc(NC(=O)C(O)c3ccc(F)c(F)c3)c2)N1. The monoisotopic (exact) mass is 346 g/mol. The first-order valence-corrected chi connectivity index (χ1v) is 7.77. The van der Waals surface area contributed by atoms with Crippen LogP contribution < -0.4 is 10.6 Å². The highest BCUT2D eigenvalue weighted by molar-refractivity contribution is 5.94. The molecule has 0 bridgehead atoms. The molecule has 25 heavy (non-hydrogen) atoms. The van der Waals surface area contributed by atoms with Gasteiger partial charge < -0.3 is 15.7 Å². The zero-order valence-electron chi connectivity index (χ0n) is 13.1. The molecule has 2 atom stereocenters. The van der Waals surface area contributed by atoms with E-state index in [2.05, 4.69) is 10.6 Å². The van der Waals surface area contributed by atoms with E-state index in [1.807, 2.05) is 6.07 Å². The topological polar surface area (TPSA) is 78.4 Å². The van der Waals surface area contributed by atoms with Gasteiger partial charge in [0.05, 0.1) is 6.04 Å². The van der Waals surface area contributed by atoms with Crippen LogP contribution in [0.1, 0.15) is 36.1 Å². The lowest BCUT2D eigenvalue weighted by atomic mass is 10.0. The van der Waals surface area contributed by atoms with Gasteiger partial charge in [-0.25, -0.2) is 8.78 Å². The number of benzene rings is 2. The molecule has 3 N–H and O–H groups in total. The average Bonchev–Trinajstić information content (AvgIpc) is 3.03. The van der Waals surface area contributed by atoms with E-state index < -0.39 is 23.6 Å². The Labute approximate surface area is 142 Å². The zero-order chi connectivity index (χ0) is 18.0. The van der Waals surface area contributed by atoms with Gasteiger partial charge in [0.25, 0.3) is 5.91 Å². The summed E-state index contributed by atoms with van der Waals surface area (Å²) in [6.07, 6.45) is -0.506. The Bertz CT molecular complexity index is 826. The minimum atomic E-state index is -1.63. The van der Waals surface area contributed by atoms with Gasteiger partial charge >= 0.3 is 0 Å². The van der Waals surface area contributed by atoms with Crippen LogP contribution in [0.25, 0.3) is 0 Å². The van der Waals surface area contributed by atoms with Crippen molar-refractivity contribution in [1.82, 2.24) is 5.32 Å². The number of anilines is 1. The quantitative estimate of drug-likeness (QED) is 0.796. The standard InChI is InChI=1S/C18H16F2N2O3/c19-13-5-4-11(9-14(13)20)17(24)18(25)21-12-3-1-2-10(8-12)15-6-7-16(23)22-15/h1-5,8-9,15,17,24H,6-7H2,(H,21,25)(H,22,23). The van der Waals surface area contributed by atoms with E-state index in [0.29, 0.717) is 18.5 Å². The van der Waals surface area contributed by atoms with Gasteiger partial charge in [0, 0.05) is 12.1 Å². The van der Waals surface area contributed by atoms with Gasteiger partial charge in [-0.15, -0.1) is 0 Å². The van der Waals surface area contributed by atoms with Crippen LogP contribution in [0.5, 0.6) is 0 Å². The Hall–Kier alpha value is -2.80. The van der Waals surface area contributed by atoms with E-state index in [0.717, 1.165) is 23.8 Å². The molecule has 2 amide bonds. The fraction of sp³-hybridized carbons (Fsp3) is 0.222. The molecule has 1 fully saturated rings. The summed E-state index contributed by atoms with van der Waals surface area (Å²) in [5, 5.41) is 15.4. The minimum Gasteiger partial charge on any atom is -0.378 e. The van der Waals surface area contributed by atoms with Crippen molar-refractivity contribution in [3.8, 4) is 0 Å². The Balaban J connectivity index is 1.72. The van der Waals surface area contributed by atoms with Crippen LogP contribution in [-0.2, 0) is 9.59 Å². The molecule has 1 aliphatic heterocycles. The number of hydrogen-bond donors (Lipinski definition) is 3. The van der Waals surface area contributed by atoms with Gasteiger partial charge in [-0.2, -0.15) is 0 Å². The molecule has 130 valence electrons. The van der Waals surface area contributed by atoms with Crippen LogP contribution in [-0.4, -0.2) is 16.9 Å². The van der Waals surface area contributed by atoms with Crippen LogP contribution in [0.4, 0.5) is 14.5 Å². The Morgan fingerprint density at radius 2 is 2.00 bits per heavy atom. The molecular weight excluding hydrogens is 330 g/mol.